The Bertz CT molecular complexity index is 1450. The lowest BCUT2D eigenvalue weighted by Gasteiger charge is -2.09. The zero-order chi connectivity index (χ0) is 23.2. The molecule has 5 rings (SSSR count). The quantitative estimate of drug-likeness (QED) is 0.321. The Labute approximate surface area is 196 Å². The van der Waals surface area contributed by atoms with E-state index in [1.165, 1.54) is 0 Å². The zero-order valence-corrected chi connectivity index (χ0v) is 18.6. The molecule has 2 aromatic carbocycles. The van der Waals surface area contributed by atoms with Crippen molar-refractivity contribution in [2.45, 2.75) is 6.61 Å². The fraction of sp³-hybridized carbons (Fsp3) is 0.0741. The number of benzene rings is 2. The first-order valence-corrected chi connectivity index (χ1v) is 10.8. The first-order chi connectivity index (χ1) is 16.8. The van der Waals surface area contributed by atoms with Crippen molar-refractivity contribution in [2.75, 3.05) is 7.11 Å². The van der Waals surface area contributed by atoms with Gasteiger partial charge in [0, 0.05) is 17.8 Å². The number of aromatic amines is 2. The molecule has 3 heterocycles. The van der Waals surface area contributed by atoms with Crippen LogP contribution in [0.3, 0.4) is 0 Å². The van der Waals surface area contributed by atoms with Gasteiger partial charge in [-0.1, -0.05) is 18.2 Å². The molecule has 0 fully saturated rings. The van der Waals surface area contributed by atoms with Crippen LogP contribution in [0.4, 0.5) is 0 Å². The van der Waals surface area contributed by atoms with Gasteiger partial charge >= 0.3 is 0 Å². The number of nitrogens with one attached hydrogen (secondary N) is 2. The van der Waals surface area contributed by atoms with Crippen molar-refractivity contribution in [3.8, 4) is 11.5 Å². The summed E-state index contributed by atoms with van der Waals surface area (Å²) in [5, 5.41) is 7.41. The summed E-state index contributed by atoms with van der Waals surface area (Å²) in [6.45, 7) is 0.402. The fourth-order valence-corrected chi connectivity index (χ4v) is 3.50. The van der Waals surface area contributed by atoms with Crippen molar-refractivity contribution < 1.29 is 9.47 Å². The highest BCUT2D eigenvalue weighted by atomic mass is 16.5. The molecular weight excluding hydrogens is 426 g/mol. The maximum atomic E-state index is 5.84. The average Bonchev–Trinajstić information content (AvgIpc) is 3.55. The Morgan fingerprint density at radius 2 is 1.88 bits per heavy atom. The van der Waals surface area contributed by atoms with Gasteiger partial charge in [0.1, 0.15) is 18.1 Å². The average molecular weight is 450 g/mol. The van der Waals surface area contributed by atoms with E-state index < -0.39 is 0 Å². The van der Waals surface area contributed by atoms with Gasteiger partial charge in [-0.25, -0.2) is 4.98 Å². The fourth-order valence-electron chi connectivity index (χ4n) is 3.50. The molecule has 0 radical (unpaired) electrons. The van der Waals surface area contributed by atoms with Crippen LogP contribution in [0.1, 0.15) is 28.2 Å². The van der Waals surface area contributed by atoms with Crippen LogP contribution in [0.25, 0.3) is 35.3 Å². The number of pyridine rings is 1. The topological polar surface area (TPSA) is 88.7 Å². The standard InChI is InChI=1S/C27H23N5O2/c1-33-27-16-24(34-17-23-4-2-3-13-28-23)11-8-20(27)7-10-22-15-21(31-32-22)9-5-19-6-12-25-26(14-19)30-18-29-25/h2-16,18H,17H2,1H3,(H,29,30)(H,31,32)/b9-5+,10-7+. The highest BCUT2D eigenvalue weighted by Crippen LogP contribution is 2.27. The van der Waals surface area contributed by atoms with Gasteiger partial charge in [-0.3, -0.25) is 10.1 Å². The lowest BCUT2D eigenvalue weighted by molar-refractivity contribution is 0.299. The lowest BCUT2D eigenvalue weighted by atomic mass is 10.1. The molecule has 0 saturated carbocycles. The maximum Gasteiger partial charge on any atom is 0.130 e. The molecular formula is C27H23N5O2. The van der Waals surface area contributed by atoms with Crippen LogP contribution >= 0.6 is 0 Å². The van der Waals surface area contributed by atoms with Crippen molar-refractivity contribution in [3.05, 3.63) is 101 Å². The SMILES string of the molecule is COc1cc(OCc2ccccn2)ccc1/C=C/c1cc(/C=C/c2ccc3[nH]cnc3c2)n[nH]1. The Kier molecular flexibility index (Phi) is 6.16. The van der Waals surface area contributed by atoms with Gasteiger partial charge in [0.2, 0.25) is 0 Å². The minimum Gasteiger partial charge on any atom is -0.496 e. The van der Waals surface area contributed by atoms with E-state index in [4.69, 9.17) is 9.47 Å². The normalized spacial score (nSPS) is 11.6. The molecule has 0 aliphatic heterocycles. The molecule has 0 amide bonds. The smallest absolute Gasteiger partial charge is 0.130 e. The molecule has 168 valence electrons. The molecule has 0 bridgehead atoms. The first-order valence-electron chi connectivity index (χ1n) is 10.8. The Hall–Kier alpha value is -4.65. The minimum absolute atomic E-state index is 0.402. The Morgan fingerprint density at radius 3 is 2.76 bits per heavy atom. The number of aromatic nitrogens is 5. The van der Waals surface area contributed by atoms with Crippen molar-refractivity contribution in [3.63, 3.8) is 0 Å². The summed E-state index contributed by atoms with van der Waals surface area (Å²) < 4.78 is 11.4. The molecule has 5 aromatic rings. The van der Waals surface area contributed by atoms with Crippen molar-refractivity contribution in [2.24, 2.45) is 0 Å². The summed E-state index contributed by atoms with van der Waals surface area (Å²) in [5.74, 6) is 1.45. The van der Waals surface area contributed by atoms with Gasteiger partial charge in [0.05, 0.1) is 41.6 Å². The number of fused-ring (bicyclic) bond motifs is 1. The molecule has 3 aromatic heterocycles. The van der Waals surface area contributed by atoms with Crippen LogP contribution < -0.4 is 9.47 Å². The third kappa shape index (κ3) is 5.05. The van der Waals surface area contributed by atoms with Crippen LogP contribution in [-0.4, -0.2) is 32.3 Å². The molecule has 2 N–H and O–H groups in total. The van der Waals surface area contributed by atoms with Gasteiger partial charge < -0.3 is 14.5 Å². The largest absolute Gasteiger partial charge is 0.496 e. The number of H-pyrrole nitrogens is 2. The zero-order valence-electron chi connectivity index (χ0n) is 18.6. The van der Waals surface area contributed by atoms with Crippen LogP contribution in [0.5, 0.6) is 11.5 Å². The summed E-state index contributed by atoms with van der Waals surface area (Å²) in [5.41, 5.74) is 6.56. The van der Waals surface area contributed by atoms with Gasteiger partial charge in [-0.05, 0) is 66.3 Å². The molecule has 0 unspecified atom stereocenters. The monoisotopic (exact) mass is 449 g/mol. The predicted octanol–water partition coefficient (Wildman–Crippen LogP) is 5.61. The highest BCUT2D eigenvalue weighted by Gasteiger charge is 2.05. The number of methoxy groups -OCH3 is 1. The highest BCUT2D eigenvalue weighted by molar-refractivity contribution is 5.80. The number of rotatable bonds is 8. The van der Waals surface area contributed by atoms with E-state index in [9.17, 15) is 0 Å². The molecule has 0 aliphatic carbocycles. The third-order valence-corrected chi connectivity index (χ3v) is 5.27. The second-order valence-corrected chi connectivity index (χ2v) is 7.61. The predicted molar refractivity (Wildman–Crippen MR) is 134 cm³/mol. The van der Waals surface area contributed by atoms with E-state index >= 15 is 0 Å². The number of hydrogen-bond donors (Lipinski definition) is 2. The van der Waals surface area contributed by atoms with Crippen LogP contribution in [0.15, 0.2) is 73.2 Å². The van der Waals surface area contributed by atoms with Gasteiger partial charge in [-0.15, -0.1) is 0 Å². The van der Waals surface area contributed by atoms with Gasteiger partial charge in [0.25, 0.3) is 0 Å². The van der Waals surface area contributed by atoms with E-state index in [0.717, 1.165) is 50.7 Å². The van der Waals surface area contributed by atoms with E-state index in [1.807, 2.05) is 85.0 Å². The second kappa shape index (κ2) is 9.87. The summed E-state index contributed by atoms with van der Waals surface area (Å²) in [7, 11) is 1.65. The van der Waals surface area contributed by atoms with Gasteiger partial charge in [-0.2, -0.15) is 5.10 Å². The second-order valence-electron chi connectivity index (χ2n) is 7.61. The molecule has 0 aliphatic rings. The third-order valence-electron chi connectivity index (χ3n) is 5.27. The van der Waals surface area contributed by atoms with Crippen molar-refractivity contribution >= 4 is 35.3 Å². The first kappa shape index (κ1) is 21.2. The Balaban J connectivity index is 1.24. The van der Waals surface area contributed by atoms with Crippen LogP contribution in [0, 0.1) is 0 Å². The maximum absolute atomic E-state index is 5.84. The van der Waals surface area contributed by atoms with E-state index in [0.29, 0.717) is 6.61 Å². The van der Waals surface area contributed by atoms with E-state index in [-0.39, 0.29) is 0 Å². The molecule has 0 spiro atoms. The lowest BCUT2D eigenvalue weighted by Crippen LogP contribution is -1.98. The number of imidazole rings is 1. The Morgan fingerprint density at radius 1 is 0.912 bits per heavy atom. The summed E-state index contributed by atoms with van der Waals surface area (Å²) in [6, 6.07) is 19.6. The van der Waals surface area contributed by atoms with Crippen LogP contribution in [-0.2, 0) is 6.61 Å². The van der Waals surface area contributed by atoms with E-state index in [1.54, 1.807) is 19.6 Å². The molecule has 0 atom stereocenters. The summed E-state index contributed by atoms with van der Waals surface area (Å²) >= 11 is 0. The molecule has 7 heteroatoms. The number of hydrogen-bond acceptors (Lipinski definition) is 5. The summed E-state index contributed by atoms with van der Waals surface area (Å²) in [6.07, 6.45) is 11.4. The molecule has 34 heavy (non-hydrogen) atoms. The number of nitrogens with zero attached hydrogens (tertiary/aromatic N) is 3. The molecule has 7 nitrogen and oxygen atoms in total. The number of ether oxygens (including phenoxy) is 2. The van der Waals surface area contributed by atoms with Gasteiger partial charge in [0.15, 0.2) is 0 Å². The minimum atomic E-state index is 0.402. The summed E-state index contributed by atoms with van der Waals surface area (Å²) in [4.78, 5) is 11.7. The molecule has 0 saturated heterocycles. The van der Waals surface area contributed by atoms with Crippen LogP contribution in [0.2, 0.25) is 0 Å². The van der Waals surface area contributed by atoms with Crippen molar-refractivity contribution in [1.82, 2.24) is 25.1 Å². The van der Waals surface area contributed by atoms with E-state index in [2.05, 4.69) is 25.1 Å². The van der Waals surface area contributed by atoms with Crippen molar-refractivity contribution in [1.29, 1.82) is 0 Å².